The number of pyridine rings is 1. The molecule has 0 saturated carbocycles. The third-order valence-electron chi connectivity index (χ3n) is 1.92. The zero-order valence-electron chi connectivity index (χ0n) is 7.22. The van der Waals surface area contributed by atoms with Crippen LogP contribution in [0.25, 0.3) is 0 Å². The quantitative estimate of drug-likeness (QED) is 0.773. The largest absolute Gasteiger partial charge is 0.472 e. The van der Waals surface area contributed by atoms with Crippen LogP contribution in [0.15, 0.2) is 41.3 Å². The topological polar surface area (TPSA) is 46.3 Å². The molecule has 2 heterocycles. The molecule has 1 atom stereocenters. The van der Waals surface area contributed by atoms with Crippen molar-refractivity contribution in [3.05, 3.63) is 53.2 Å². The van der Waals surface area contributed by atoms with Gasteiger partial charge in [0.25, 0.3) is 0 Å². The normalized spacial score (nSPS) is 12.7. The van der Waals surface area contributed by atoms with Crippen LogP contribution in [0.2, 0.25) is 5.15 Å². The molecule has 0 aliphatic heterocycles. The first-order chi connectivity index (χ1) is 6.77. The predicted molar refractivity (Wildman–Crippen MR) is 52.0 cm³/mol. The molecular weight excluding hydrogens is 202 g/mol. The maximum Gasteiger partial charge on any atom is 0.129 e. The first-order valence-corrected chi connectivity index (χ1v) is 4.47. The maximum atomic E-state index is 9.83. The number of rotatable bonds is 2. The molecule has 0 aromatic carbocycles. The number of aliphatic hydroxyl groups is 1. The average Bonchev–Trinajstić information content (AvgIpc) is 2.71. The van der Waals surface area contributed by atoms with E-state index < -0.39 is 6.10 Å². The summed E-state index contributed by atoms with van der Waals surface area (Å²) in [4.78, 5) is 3.88. The van der Waals surface area contributed by atoms with Crippen LogP contribution in [0.4, 0.5) is 0 Å². The molecule has 0 aliphatic carbocycles. The highest BCUT2D eigenvalue weighted by atomic mass is 35.5. The van der Waals surface area contributed by atoms with Gasteiger partial charge >= 0.3 is 0 Å². The Morgan fingerprint density at radius 2 is 2.14 bits per heavy atom. The summed E-state index contributed by atoms with van der Waals surface area (Å²) in [5, 5.41) is 10.2. The molecule has 3 nitrogen and oxygen atoms in total. The fraction of sp³-hybridized carbons (Fsp3) is 0.100. The molecule has 72 valence electrons. The number of hydrogen-bond donors (Lipinski definition) is 1. The highest BCUT2D eigenvalue weighted by molar-refractivity contribution is 6.29. The second-order valence-corrected chi connectivity index (χ2v) is 3.26. The van der Waals surface area contributed by atoms with Gasteiger partial charge in [0.2, 0.25) is 0 Å². The van der Waals surface area contributed by atoms with Crippen LogP contribution < -0.4 is 0 Å². The minimum Gasteiger partial charge on any atom is -0.472 e. The van der Waals surface area contributed by atoms with E-state index in [-0.39, 0.29) is 0 Å². The third-order valence-corrected chi connectivity index (χ3v) is 2.15. The van der Waals surface area contributed by atoms with E-state index in [1.165, 1.54) is 12.5 Å². The summed E-state index contributed by atoms with van der Waals surface area (Å²) in [5.41, 5.74) is 1.39. The summed E-state index contributed by atoms with van der Waals surface area (Å²) in [6.07, 6.45) is 3.85. The Hall–Kier alpha value is -1.32. The van der Waals surface area contributed by atoms with Crippen molar-refractivity contribution < 1.29 is 9.52 Å². The second-order valence-electron chi connectivity index (χ2n) is 2.87. The van der Waals surface area contributed by atoms with Gasteiger partial charge in [-0.05, 0) is 12.1 Å². The second kappa shape index (κ2) is 3.82. The van der Waals surface area contributed by atoms with Crippen molar-refractivity contribution in [2.24, 2.45) is 0 Å². The van der Waals surface area contributed by atoms with Gasteiger partial charge in [0.05, 0.1) is 12.5 Å². The van der Waals surface area contributed by atoms with Gasteiger partial charge in [-0.3, -0.25) is 0 Å². The van der Waals surface area contributed by atoms with Gasteiger partial charge in [0.15, 0.2) is 0 Å². The number of nitrogens with zero attached hydrogens (tertiary/aromatic N) is 1. The number of aliphatic hydroxyl groups excluding tert-OH is 1. The van der Waals surface area contributed by atoms with E-state index in [2.05, 4.69) is 4.98 Å². The minimum absolute atomic E-state index is 0.410. The smallest absolute Gasteiger partial charge is 0.129 e. The molecule has 0 radical (unpaired) electrons. The van der Waals surface area contributed by atoms with Gasteiger partial charge in [0.1, 0.15) is 11.3 Å². The molecule has 0 spiro atoms. The summed E-state index contributed by atoms with van der Waals surface area (Å²) in [6, 6.07) is 5.08. The summed E-state index contributed by atoms with van der Waals surface area (Å²) < 4.78 is 4.87. The molecule has 0 bridgehead atoms. The van der Waals surface area contributed by atoms with Crippen LogP contribution in [-0.2, 0) is 0 Å². The van der Waals surface area contributed by atoms with E-state index in [0.29, 0.717) is 16.3 Å². The summed E-state index contributed by atoms with van der Waals surface area (Å²) >= 11 is 5.63. The lowest BCUT2D eigenvalue weighted by Gasteiger charge is -2.07. The van der Waals surface area contributed by atoms with E-state index in [0.717, 1.165) is 0 Å². The zero-order chi connectivity index (χ0) is 9.97. The van der Waals surface area contributed by atoms with Crippen LogP contribution in [0.1, 0.15) is 17.2 Å². The van der Waals surface area contributed by atoms with Crippen LogP contribution in [-0.4, -0.2) is 10.1 Å². The lowest BCUT2D eigenvalue weighted by molar-refractivity contribution is 0.219. The zero-order valence-corrected chi connectivity index (χ0v) is 7.98. The van der Waals surface area contributed by atoms with E-state index in [4.69, 9.17) is 16.0 Å². The molecule has 0 amide bonds. The Labute approximate surface area is 86.0 Å². The molecule has 0 saturated heterocycles. The fourth-order valence-corrected chi connectivity index (χ4v) is 1.28. The molecule has 1 N–H and O–H groups in total. The lowest BCUT2D eigenvalue weighted by atomic mass is 10.1. The molecule has 4 heteroatoms. The van der Waals surface area contributed by atoms with Gasteiger partial charge in [-0.1, -0.05) is 17.7 Å². The first-order valence-electron chi connectivity index (χ1n) is 4.09. The third kappa shape index (κ3) is 1.78. The Morgan fingerprint density at radius 1 is 1.29 bits per heavy atom. The molecule has 0 fully saturated rings. The van der Waals surface area contributed by atoms with Gasteiger partial charge in [-0.15, -0.1) is 0 Å². The highest BCUT2D eigenvalue weighted by Gasteiger charge is 2.11. The average molecular weight is 210 g/mol. The highest BCUT2D eigenvalue weighted by Crippen LogP contribution is 2.21. The van der Waals surface area contributed by atoms with Crippen molar-refractivity contribution in [1.29, 1.82) is 0 Å². The first kappa shape index (κ1) is 9.24. The van der Waals surface area contributed by atoms with Gasteiger partial charge < -0.3 is 9.52 Å². The number of hydrogen-bond acceptors (Lipinski definition) is 3. The molecule has 14 heavy (non-hydrogen) atoms. The number of furan rings is 1. The van der Waals surface area contributed by atoms with Crippen LogP contribution in [0.3, 0.4) is 0 Å². The van der Waals surface area contributed by atoms with Crippen molar-refractivity contribution in [1.82, 2.24) is 4.98 Å². The molecule has 1 unspecified atom stereocenters. The Kier molecular flexibility index (Phi) is 2.52. The van der Waals surface area contributed by atoms with Crippen LogP contribution in [0.5, 0.6) is 0 Å². The summed E-state index contributed by atoms with van der Waals surface area (Å²) in [7, 11) is 0. The van der Waals surface area contributed by atoms with Crippen LogP contribution >= 0.6 is 11.6 Å². The standard InChI is InChI=1S/C10H8ClNO2/c11-9-2-1-7(5-12-9)10(13)8-3-4-14-6-8/h1-6,10,13H. The van der Waals surface area contributed by atoms with E-state index in [9.17, 15) is 5.11 Å². The predicted octanol–water partition coefficient (Wildman–Crippen LogP) is 2.41. The molecular formula is C10H8ClNO2. The van der Waals surface area contributed by atoms with E-state index >= 15 is 0 Å². The molecule has 2 aromatic heterocycles. The SMILES string of the molecule is OC(c1ccc(Cl)nc1)c1ccoc1. The molecule has 0 aliphatic rings. The van der Waals surface area contributed by atoms with Gasteiger partial charge in [0, 0.05) is 17.3 Å². The lowest BCUT2D eigenvalue weighted by Crippen LogP contribution is -1.98. The van der Waals surface area contributed by atoms with Crippen molar-refractivity contribution in [3.8, 4) is 0 Å². The fourth-order valence-electron chi connectivity index (χ4n) is 1.17. The van der Waals surface area contributed by atoms with E-state index in [1.54, 1.807) is 24.4 Å². The molecule has 2 rings (SSSR count). The number of halogens is 1. The van der Waals surface area contributed by atoms with Gasteiger partial charge in [-0.2, -0.15) is 0 Å². The summed E-state index contributed by atoms with van der Waals surface area (Å²) in [5.74, 6) is 0. The Balaban J connectivity index is 2.28. The van der Waals surface area contributed by atoms with Crippen molar-refractivity contribution in [2.45, 2.75) is 6.10 Å². The number of aromatic nitrogens is 1. The van der Waals surface area contributed by atoms with Gasteiger partial charge in [-0.25, -0.2) is 4.98 Å². The molecule has 2 aromatic rings. The van der Waals surface area contributed by atoms with Crippen molar-refractivity contribution >= 4 is 11.6 Å². The maximum absolute atomic E-state index is 9.83. The summed E-state index contributed by atoms with van der Waals surface area (Å²) in [6.45, 7) is 0. The van der Waals surface area contributed by atoms with E-state index in [1.807, 2.05) is 0 Å². The minimum atomic E-state index is -0.710. The van der Waals surface area contributed by atoms with Crippen molar-refractivity contribution in [2.75, 3.05) is 0 Å². The van der Waals surface area contributed by atoms with Crippen molar-refractivity contribution in [3.63, 3.8) is 0 Å². The Morgan fingerprint density at radius 3 is 2.71 bits per heavy atom. The Bertz CT molecular complexity index is 397. The van der Waals surface area contributed by atoms with Crippen LogP contribution in [0, 0.1) is 0 Å². The monoisotopic (exact) mass is 209 g/mol.